The van der Waals surface area contributed by atoms with Crippen LogP contribution in [-0.4, -0.2) is 5.97 Å². The maximum Gasteiger partial charge on any atom is 0.308 e. The van der Waals surface area contributed by atoms with Crippen LogP contribution in [0.4, 0.5) is 0 Å². The van der Waals surface area contributed by atoms with Crippen molar-refractivity contribution in [3.05, 3.63) is 26.4 Å². The van der Waals surface area contributed by atoms with Crippen LogP contribution < -0.4 is 4.74 Å². The van der Waals surface area contributed by atoms with Gasteiger partial charge in [-0.05, 0) is 90.4 Å². The Morgan fingerprint density at radius 1 is 1.12 bits per heavy atom. The fraction of sp³-hybridized carbons (Fsp3) is 0.100. The van der Waals surface area contributed by atoms with E-state index in [4.69, 9.17) is 4.74 Å². The van der Waals surface area contributed by atoms with Crippen LogP contribution in [0.1, 0.15) is 12.5 Å². The van der Waals surface area contributed by atoms with Crippen LogP contribution in [0, 0.1) is 14.3 Å². The van der Waals surface area contributed by atoms with Gasteiger partial charge >= 0.3 is 5.97 Å². The van der Waals surface area contributed by atoms with Crippen molar-refractivity contribution in [1.29, 1.82) is 0 Å². The third-order valence-electron chi connectivity index (χ3n) is 1.71. The number of benzene rings is 1. The van der Waals surface area contributed by atoms with Crippen LogP contribution in [0.2, 0.25) is 0 Å². The third-order valence-corrected chi connectivity index (χ3v) is 8.07. The van der Waals surface area contributed by atoms with Crippen LogP contribution in [-0.2, 0) is 4.79 Å². The van der Waals surface area contributed by atoms with Crippen molar-refractivity contribution in [1.82, 2.24) is 0 Å². The van der Waals surface area contributed by atoms with Crippen LogP contribution in [0.3, 0.4) is 0 Å². The van der Waals surface area contributed by atoms with Gasteiger partial charge in [0.05, 0.1) is 7.14 Å². The van der Waals surface area contributed by atoms with E-state index in [1.165, 1.54) is 6.92 Å². The minimum absolute atomic E-state index is 0.297. The van der Waals surface area contributed by atoms with Crippen LogP contribution in [0.15, 0.2) is 6.58 Å². The first-order valence-electron chi connectivity index (χ1n) is 4.07. The summed E-state index contributed by atoms with van der Waals surface area (Å²) in [5.41, 5.74) is 1.09. The van der Waals surface area contributed by atoms with Gasteiger partial charge < -0.3 is 4.74 Å². The van der Waals surface area contributed by atoms with Gasteiger partial charge in [-0.1, -0.05) is 12.7 Å². The van der Waals surface area contributed by atoms with E-state index >= 15 is 0 Å². The zero-order valence-electron chi connectivity index (χ0n) is 8.11. The summed E-state index contributed by atoms with van der Waals surface area (Å²) in [5, 5.41) is 0. The van der Waals surface area contributed by atoms with Gasteiger partial charge in [0, 0.05) is 19.6 Å². The Bertz CT molecular complexity index is 439. The highest BCUT2D eigenvalue weighted by molar-refractivity contribution is 14.1. The van der Waals surface area contributed by atoms with Crippen molar-refractivity contribution in [2.24, 2.45) is 0 Å². The number of hydrogen-bond acceptors (Lipinski definition) is 2. The fourth-order valence-electron chi connectivity index (χ4n) is 1.04. The van der Waals surface area contributed by atoms with E-state index < -0.39 is 0 Å². The first-order valence-corrected chi connectivity index (χ1v) is 8.38. The van der Waals surface area contributed by atoms with E-state index in [0.29, 0.717) is 5.75 Å². The van der Waals surface area contributed by atoms with Gasteiger partial charge in [-0.15, -0.1) is 0 Å². The molecule has 6 heteroatoms. The summed E-state index contributed by atoms with van der Waals surface area (Å²) in [6.45, 7) is 5.21. The van der Waals surface area contributed by atoms with E-state index in [1.54, 1.807) is 0 Å². The molecular weight excluding hydrogens is 660 g/mol. The first-order chi connectivity index (χ1) is 7.40. The normalized spacial score (nSPS) is 10.1. The quantitative estimate of drug-likeness (QED) is 0.199. The van der Waals surface area contributed by atoms with Gasteiger partial charge in [-0.3, -0.25) is 4.79 Å². The van der Waals surface area contributed by atoms with Crippen molar-refractivity contribution < 1.29 is 9.53 Å². The average molecular weight is 666 g/mol. The summed E-state index contributed by atoms with van der Waals surface area (Å²) < 4.78 is 9.27. The highest BCUT2D eigenvalue weighted by Gasteiger charge is 2.19. The highest BCUT2D eigenvalue weighted by Crippen LogP contribution is 2.38. The predicted octanol–water partition coefficient (Wildman–Crippen LogP) is 4.67. The zero-order chi connectivity index (χ0) is 12.5. The Kier molecular flexibility index (Phi) is 6.26. The summed E-state index contributed by atoms with van der Waals surface area (Å²) in [5.74, 6) is 0.349. The molecule has 1 aromatic rings. The molecule has 0 saturated heterocycles. The summed E-state index contributed by atoms with van der Waals surface area (Å²) in [4.78, 5) is 11.0. The molecule has 0 heterocycles. The Balaban J connectivity index is 3.52. The van der Waals surface area contributed by atoms with Crippen molar-refractivity contribution >= 4 is 102 Å². The van der Waals surface area contributed by atoms with Crippen LogP contribution >= 0.6 is 90.4 Å². The molecule has 0 aliphatic carbocycles. The zero-order valence-corrected chi connectivity index (χ0v) is 16.7. The number of carbonyl (C=O) groups is 1. The maximum absolute atomic E-state index is 11.0. The van der Waals surface area contributed by atoms with E-state index in [0.717, 1.165) is 19.8 Å². The number of rotatable bonds is 2. The number of hydrogen-bond donors (Lipinski definition) is 0. The average Bonchev–Trinajstić information content (AvgIpc) is 2.22. The smallest absolute Gasteiger partial charge is 0.308 e. The fourth-order valence-corrected chi connectivity index (χ4v) is 4.88. The topological polar surface area (TPSA) is 26.3 Å². The SMILES string of the molecule is C=Cc1c(I)c(I)c(OC(C)=O)c(I)c1I. The molecule has 0 amide bonds. The largest absolute Gasteiger partial charge is 0.424 e. The lowest BCUT2D eigenvalue weighted by atomic mass is 10.2. The monoisotopic (exact) mass is 666 g/mol. The first kappa shape index (κ1) is 15.4. The minimum Gasteiger partial charge on any atom is -0.424 e. The standard InChI is InChI=1S/C10H6I4O2/c1-3-5-6(11)8(13)10(16-4(2)15)9(14)7(5)12/h3H,1H2,2H3. The van der Waals surface area contributed by atoms with Gasteiger partial charge in [0.25, 0.3) is 0 Å². The number of esters is 1. The van der Waals surface area contributed by atoms with Crippen molar-refractivity contribution in [2.75, 3.05) is 0 Å². The number of ether oxygens (including phenoxy) is 1. The van der Waals surface area contributed by atoms with E-state index in [2.05, 4.69) is 96.9 Å². The minimum atomic E-state index is -0.297. The molecule has 86 valence electrons. The molecule has 0 atom stereocenters. The second-order valence-corrected chi connectivity index (χ2v) is 7.11. The number of halogens is 4. The summed E-state index contributed by atoms with van der Waals surface area (Å²) >= 11 is 8.86. The van der Waals surface area contributed by atoms with Crippen molar-refractivity contribution in [3.63, 3.8) is 0 Å². The molecule has 0 unspecified atom stereocenters. The molecule has 0 saturated carbocycles. The molecule has 0 aromatic heterocycles. The Morgan fingerprint density at radius 3 is 1.88 bits per heavy atom. The molecular formula is C10H6I4O2. The molecule has 0 radical (unpaired) electrons. The molecule has 0 bridgehead atoms. The molecule has 2 nitrogen and oxygen atoms in total. The second-order valence-electron chi connectivity index (χ2n) is 2.80. The second kappa shape index (κ2) is 6.50. The van der Waals surface area contributed by atoms with Crippen molar-refractivity contribution in [3.8, 4) is 5.75 Å². The van der Waals surface area contributed by atoms with Crippen LogP contribution in [0.5, 0.6) is 5.75 Å². The van der Waals surface area contributed by atoms with Gasteiger partial charge in [0.15, 0.2) is 5.75 Å². The van der Waals surface area contributed by atoms with E-state index in [-0.39, 0.29) is 5.97 Å². The van der Waals surface area contributed by atoms with E-state index in [1.807, 2.05) is 6.08 Å². The Labute approximate surface area is 149 Å². The third kappa shape index (κ3) is 3.22. The molecule has 16 heavy (non-hydrogen) atoms. The lowest BCUT2D eigenvalue weighted by Gasteiger charge is -2.13. The summed E-state index contributed by atoms with van der Waals surface area (Å²) in [6.07, 6.45) is 1.82. The Hall–Kier alpha value is 1.35. The summed E-state index contributed by atoms with van der Waals surface area (Å²) in [6, 6.07) is 0. The molecule has 0 N–H and O–H groups in total. The maximum atomic E-state index is 11.0. The molecule has 0 fully saturated rings. The summed E-state index contributed by atoms with van der Waals surface area (Å²) in [7, 11) is 0. The van der Waals surface area contributed by atoms with Gasteiger partial charge in [0.1, 0.15) is 0 Å². The molecule has 0 aliphatic rings. The molecule has 0 aliphatic heterocycles. The molecule has 1 rings (SSSR count). The highest BCUT2D eigenvalue weighted by atomic mass is 127. The Morgan fingerprint density at radius 2 is 1.56 bits per heavy atom. The van der Waals surface area contributed by atoms with Gasteiger partial charge in [-0.2, -0.15) is 0 Å². The molecule has 0 spiro atoms. The van der Waals surface area contributed by atoms with Gasteiger partial charge in [-0.25, -0.2) is 0 Å². The lowest BCUT2D eigenvalue weighted by Crippen LogP contribution is -2.08. The van der Waals surface area contributed by atoms with Crippen molar-refractivity contribution in [2.45, 2.75) is 6.92 Å². The lowest BCUT2D eigenvalue weighted by molar-refractivity contribution is -0.132. The van der Waals surface area contributed by atoms with Crippen LogP contribution in [0.25, 0.3) is 6.08 Å². The molecule has 1 aromatic carbocycles. The van der Waals surface area contributed by atoms with Gasteiger partial charge in [0.2, 0.25) is 0 Å². The number of carbonyl (C=O) groups excluding carboxylic acids is 1. The van der Waals surface area contributed by atoms with E-state index in [9.17, 15) is 4.79 Å². The predicted molar refractivity (Wildman–Crippen MR) is 98.7 cm³/mol.